The zero-order valence-electron chi connectivity index (χ0n) is 7.58. The van der Waals surface area contributed by atoms with Crippen LogP contribution in [0.25, 0.3) is 0 Å². The molecule has 70 valence electrons. The number of rotatable bonds is 3. The van der Waals surface area contributed by atoms with E-state index in [1.54, 1.807) is 11.8 Å². The zero-order chi connectivity index (χ0) is 9.84. The van der Waals surface area contributed by atoms with Crippen LogP contribution >= 0.6 is 27.7 Å². The lowest BCUT2D eigenvalue weighted by Crippen LogP contribution is -1.90. The Morgan fingerprint density at radius 3 is 2.69 bits per heavy atom. The Bertz CT molecular complexity index is 310. The summed E-state index contributed by atoms with van der Waals surface area (Å²) in [7, 11) is 0. The topological polar surface area (TPSA) is 17.1 Å². The number of aldehydes is 1. The average Bonchev–Trinajstić information content (AvgIpc) is 2.07. The molecule has 0 aliphatic rings. The SMILES string of the molecule is CC(C)Sc1ccc(Br)cc1C=O. The molecule has 0 atom stereocenters. The first kappa shape index (κ1) is 10.8. The highest BCUT2D eigenvalue weighted by Crippen LogP contribution is 2.27. The third-order valence-electron chi connectivity index (χ3n) is 1.46. The minimum Gasteiger partial charge on any atom is -0.298 e. The van der Waals surface area contributed by atoms with Crippen LogP contribution in [0, 0.1) is 0 Å². The average molecular weight is 259 g/mol. The van der Waals surface area contributed by atoms with Gasteiger partial charge in [0, 0.05) is 20.2 Å². The van der Waals surface area contributed by atoms with E-state index in [0.717, 1.165) is 21.2 Å². The van der Waals surface area contributed by atoms with Crippen LogP contribution in [0.15, 0.2) is 27.6 Å². The van der Waals surface area contributed by atoms with Gasteiger partial charge in [-0.25, -0.2) is 0 Å². The Hall–Kier alpha value is -0.280. The van der Waals surface area contributed by atoms with E-state index in [1.807, 2.05) is 18.2 Å². The molecule has 1 aromatic carbocycles. The lowest BCUT2D eigenvalue weighted by Gasteiger charge is -2.07. The van der Waals surface area contributed by atoms with Gasteiger partial charge >= 0.3 is 0 Å². The molecular weight excluding hydrogens is 248 g/mol. The monoisotopic (exact) mass is 258 g/mol. The van der Waals surface area contributed by atoms with Crippen LogP contribution in [-0.4, -0.2) is 11.5 Å². The first-order valence-corrected chi connectivity index (χ1v) is 5.72. The van der Waals surface area contributed by atoms with Gasteiger partial charge in [0.2, 0.25) is 0 Å². The summed E-state index contributed by atoms with van der Waals surface area (Å²) in [5.74, 6) is 0. The lowest BCUT2D eigenvalue weighted by molar-refractivity contribution is 0.112. The second-order valence-corrected chi connectivity index (χ2v) is 5.50. The molecular formula is C10H11BrOS. The minimum atomic E-state index is 0.500. The predicted molar refractivity (Wildman–Crippen MR) is 60.5 cm³/mol. The summed E-state index contributed by atoms with van der Waals surface area (Å²) < 4.78 is 0.947. The molecule has 0 aliphatic carbocycles. The maximum atomic E-state index is 10.7. The van der Waals surface area contributed by atoms with E-state index in [1.165, 1.54) is 0 Å². The summed E-state index contributed by atoms with van der Waals surface area (Å²) in [6, 6.07) is 5.77. The van der Waals surface area contributed by atoms with Gasteiger partial charge in [-0.2, -0.15) is 0 Å². The van der Waals surface area contributed by atoms with Gasteiger partial charge in [0.15, 0.2) is 6.29 Å². The van der Waals surface area contributed by atoms with Crippen molar-refractivity contribution in [3.05, 3.63) is 28.2 Å². The highest BCUT2D eigenvalue weighted by atomic mass is 79.9. The van der Waals surface area contributed by atoms with Crippen molar-refractivity contribution in [3.8, 4) is 0 Å². The van der Waals surface area contributed by atoms with Crippen molar-refractivity contribution in [2.24, 2.45) is 0 Å². The van der Waals surface area contributed by atoms with E-state index in [4.69, 9.17) is 0 Å². The number of hydrogen-bond acceptors (Lipinski definition) is 2. The maximum Gasteiger partial charge on any atom is 0.151 e. The van der Waals surface area contributed by atoms with Gasteiger partial charge < -0.3 is 0 Å². The molecule has 0 unspecified atom stereocenters. The molecule has 0 amide bonds. The standard InChI is InChI=1S/C10H11BrOS/c1-7(2)13-10-4-3-9(11)5-8(10)6-12/h3-7H,1-2H3. The van der Waals surface area contributed by atoms with Crippen molar-refractivity contribution < 1.29 is 4.79 Å². The molecule has 0 heterocycles. The van der Waals surface area contributed by atoms with E-state index in [2.05, 4.69) is 29.8 Å². The van der Waals surface area contributed by atoms with Gasteiger partial charge in [0.05, 0.1) is 0 Å². The number of benzene rings is 1. The lowest BCUT2D eigenvalue weighted by atomic mass is 10.2. The summed E-state index contributed by atoms with van der Waals surface area (Å²) >= 11 is 5.04. The zero-order valence-corrected chi connectivity index (χ0v) is 9.98. The number of halogens is 1. The first-order chi connectivity index (χ1) is 6.13. The third kappa shape index (κ3) is 3.16. The number of thioether (sulfide) groups is 1. The number of hydrogen-bond donors (Lipinski definition) is 0. The molecule has 0 aliphatic heterocycles. The molecule has 1 rings (SSSR count). The highest BCUT2D eigenvalue weighted by molar-refractivity contribution is 9.10. The summed E-state index contributed by atoms with van der Waals surface area (Å²) in [5, 5.41) is 0.500. The van der Waals surface area contributed by atoms with Crippen LogP contribution in [0.4, 0.5) is 0 Å². The van der Waals surface area contributed by atoms with Gasteiger partial charge in [-0.15, -0.1) is 11.8 Å². The largest absolute Gasteiger partial charge is 0.298 e. The van der Waals surface area contributed by atoms with Crippen LogP contribution in [0.2, 0.25) is 0 Å². The fraction of sp³-hybridized carbons (Fsp3) is 0.300. The van der Waals surface area contributed by atoms with Gasteiger partial charge in [0.1, 0.15) is 0 Å². The van der Waals surface area contributed by atoms with Crippen LogP contribution in [-0.2, 0) is 0 Å². The summed E-state index contributed by atoms with van der Waals surface area (Å²) in [6.45, 7) is 4.22. The molecule has 0 aromatic heterocycles. The van der Waals surface area contributed by atoms with Crippen LogP contribution in [0.5, 0.6) is 0 Å². The molecule has 1 nitrogen and oxygen atoms in total. The normalized spacial score (nSPS) is 10.5. The molecule has 0 saturated heterocycles. The molecule has 0 saturated carbocycles. The minimum absolute atomic E-state index is 0.500. The van der Waals surface area contributed by atoms with Gasteiger partial charge in [-0.3, -0.25) is 4.79 Å². The van der Waals surface area contributed by atoms with Crippen molar-refractivity contribution in [3.63, 3.8) is 0 Å². The second kappa shape index (κ2) is 4.82. The first-order valence-electron chi connectivity index (χ1n) is 4.05. The van der Waals surface area contributed by atoms with Crippen LogP contribution in [0.1, 0.15) is 24.2 Å². The van der Waals surface area contributed by atoms with Crippen molar-refractivity contribution in [1.29, 1.82) is 0 Å². The highest BCUT2D eigenvalue weighted by Gasteiger charge is 2.04. The molecule has 3 heteroatoms. The second-order valence-electron chi connectivity index (χ2n) is 2.97. The van der Waals surface area contributed by atoms with E-state index in [-0.39, 0.29) is 0 Å². The Morgan fingerprint density at radius 1 is 1.46 bits per heavy atom. The Balaban J connectivity index is 2.99. The van der Waals surface area contributed by atoms with Crippen LogP contribution < -0.4 is 0 Å². The quantitative estimate of drug-likeness (QED) is 0.607. The summed E-state index contributed by atoms with van der Waals surface area (Å²) in [4.78, 5) is 11.8. The van der Waals surface area contributed by atoms with Crippen molar-refractivity contribution in [2.75, 3.05) is 0 Å². The number of carbonyl (C=O) groups is 1. The summed E-state index contributed by atoms with van der Waals surface area (Å²) in [6.07, 6.45) is 0.898. The van der Waals surface area contributed by atoms with Crippen LogP contribution in [0.3, 0.4) is 0 Å². The third-order valence-corrected chi connectivity index (χ3v) is 3.05. The molecule has 1 aromatic rings. The molecule has 0 spiro atoms. The molecule has 0 radical (unpaired) electrons. The van der Waals surface area contributed by atoms with Gasteiger partial charge in [-0.05, 0) is 18.2 Å². The fourth-order valence-electron chi connectivity index (χ4n) is 0.973. The predicted octanol–water partition coefficient (Wildman–Crippen LogP) is 3.76. The van der Waals surface area contributed by atoms with Crippen molar-refractivity contribution >= 4 is 34.0 Å². The number of carbonyl (C=O) groups excluding carboxylic acids is 1. The molecule has 0 N–H and O–H groups in total. The molecule has 0 bridgehead atoms. The summed E-state index contributed by atoms with van der Waals surface area (Å²) in [5.41, 5.74) is 0.757. The Labute approximate surface area is 91.0 Å². The molecule has 0 fully saturated rings. The van der Waals surface area contributed by atoms with E-state index in [0.29, 0.717) is 5.25 Å². The maximum absolute atomic E-state index is 10.7. The van der Waals surface area contributed by atoms with E-state index < -0.39 is 0 Å². The Kier molecular flexibility index (Phi) is 4.00. The van der Waals surface area contributed by atoms with Crippen molar-refractivity contribution in [2.45, 2.75) is 24.0 Å². The van der Waals surface area contributed by atoms with Gasteiger partial charge in [-0.1, -0.05) is 29.8 Å². The Morgan fingerprint density at radius 2 is 2.15 bits per heavy atom. The van der Waals surface area contributed by atoms with Crippen molar-refractivity contribution in [1.82, 2.24) is 0 Å². The van der Waals surface area contributed by atoms with E-state index >= 15 is 0 Å². The van der Waals surface area contributed by atoms with E-state index in [9.17, 15) is 4.79 Å². The van der Waals surface area contributed by atoms with Gasteiger partial charge in [0.25, 0.3) is 0 Å². The smallest absolute Gasteiger partial charge is 0.151 e. The fourth-order valence-corrected chi connectivity index (χ4v) is 2.25. The molecule has 13 heavy (non-hydrogen) atoms.